The van der Waals surface area contributed by atoms with Crippen molar-refractivity contribution in [3.05, 3.63) is 34.4 Å². The monoisotopic (exact) mass is 316 g/mol. The van der Waals surface area contributed by atoms with Crippen molar-refractivity contribution in [2.75, 3.05) is 45.7 Å². The van der Waals surface area contributed by atoms with Gasteiger partial charge in [0.15, 0.2) is 0 Å². The van der Waals surface area contributed by atoms with E-state index < -0.39 is 4.92 Å². The summed E-state index contributed by atoms with van der Waals surface area (Å²) in [5.74, 6) is -0.0825. The number of nitrogens with one attached hydrogen (secondary N) is 1. The van der Waals surface area contributed by atoms with Crippen LogP contribution in [0.4, 0.5) is 11.4 Å². The highest BCUT2D eigenvalue weighted by atomic mass is 35.5. The Hall–Kier alpha value is -1.86. The Balaban J connectivity index is 0.00000400. The van der Waals surface area contributed by atoms with Crippen LogP contribution < -0.4 is 10.2 Å². The van der Waals surface area contributed by atoms with Gasteiger partial charge >= 0.3 is 0 Å². The van der Waals surface area contributed by atoms with Gasteiger partial charge in [-0.25, -0.2) is 0 Å². The van der Waals surface area contributed by atoms with Crippen molar-refractivity contribution in [3.8, 4) is 0 Å². The zero-order valence-corrected chi connectivity index (χ0v) is 13.2. The lowest BCUT2D eigenvalue weighted by Gasteiger charge is -2.23. The molecule has 0 heterocycles. The molecular formula is C13H21ClN4O3. The molecule has 0 aliphatic heterocycles. The number of hydrogen-bond donors (Lipinski definition) is 1. The van der Waals surface area contributed by atoms with Crippen LogP contribution >= 0.6 is 12.4 Å². The normalized spacial score (nSPS) is 9.67. The van der Waals surface area contributed by atoms with Gasteiger partial charge in [-0.05, 0) is 13.1 Å². The van der Waals surface area contributed by atoms with Gasteiger partial charge in [-0.3, -0.25) is 14.9 Å². The molecule has 0 bridgehead atoms. The molecule has 0 aliphatic carbocycles. The minimum absolute atomic E-state index is 0. The average Bonchev–Trinajstić information content (AvgIpc) is 2.44. The number of nitro groups is 1. The van der Waals surface area contributed by atoms with Gasteiger partial charge in [-0.15, -0.1) is 12.4 Å². The fourth-order valence-corrected chi connectivity index (χ4v) is 1.75. The van der Waals surface area contributed by atoms with Crippen LogP contribution in [0.3, 0.4) is 0 Å². The molecule has 1 rings (SSSR count). The number of hydrogen-bond acceptors (Lipinski definition) is 5. The summed E-state index contributed by atoms with van der Waals surface area (Å²) in [5.41, 5.74) is 0.438. The number of carbonyl (C=O) groups excluding carboxylic acids is 1. The SMILES string of the molecule is CNCCN(C)C(=O)CN(C)c1ccccc1[N+](=O)[O-].Cl. The number of para-hydroxylation sites is 2. The van der Waals surface area contributed by atoms with Crippen molar-refractivity contribution < 1.29 is 9.72 Å². The van der Waals surface area contributed by atoms with Crippen LogP contribution in [0.1, 0.15) is 0 Å². The second-order valence-electron chi connectivity index (χ2n) is 4.52. The molecule has 118 valence electrons. The molecule has 0 fully saturated rings. The topological polar surface area (TPSA) is 78.7 Å². The number of nitro benzene ring substituents is 1. The predicted octanol–water partition coefficient (Wildman–Crippen LogP) is 1.13. The van der Waals surface area contributed by atoms with E-state index in [2.05, 4.69) is 5.32 Å². The second-order valence-corrected chi connectivity index (χ2v) is 4.52. The number of benzene rings is 1. The van der Waals surface area contributed by atoms with Crippen LogP contribution in [0.15, 0.2) is 24.3 Å². The highest BCUT2D eigenvalue weighted by molar-refractivity contribution is 5.85. The lowest BCUT2D eigenvalue weighted by atomic mass is 10.2. The Morgan fingerprint density at radius 1 is 1.33 bits per heavy atom. The molecule has 0 radical (unpaired) electrons. The smallest absolute Gasteiger partial charge is 0.292 e. The van der Waals surface area contributed by atoms with Crippen molar-refractivity contribution in [2.45, 2.75) is 0 Å². The summed E-state index contributed by atoms with van der Waals surface area (Å²) in [7, 11) is 5.21. The van der Waals surface area contributed by atoms with Gasteiger partial charge in [0.1, 0.15) is 5.69 Å². The Morgan fingerprint density at radius 3 is 2.52 bits per heavy atom. The largest absolute Gasteiger partial charge is 0.360 e. The molecule has 1 N–H and O–H groups in total. The fourth-order valence-electron chi connectivity index (χ4n) is 1.75. The van der Waals surface area contributed by atoms with E-state index in [4.69, 9.17) is 0 Å². The van der Waals surface area contributed by atoms with Crippen LogP contribution in [0, 0.1) is 10.1 Å². The molecule has 0 atom stereocenters. The number of anilines is 1. The van der Waals surface area contributed by atoms with Crippen LogP contribution in [-0.2, 0) is 4.79 Å². The number of nitrogens with zero attached hydrogens (tertiary/aromatic N) is 3. The van der Waals surface area contributed by atoms with E-state index in [9.17, 15) is 14.9 Å². The molecule has 1 aromatic rings. The maximum absolute atomic E-state index is 12.0. The Bertz CT molecular complexity index is 484. The molecule has 0 saturated heterocycles. The predicted molar refractivity (Wildman–Crippen MR) is 85.2 cm³/mol. The first-order valence-electron chi connectivity index (χ1n) is 6.30. The van der Waals surface area contributed by atoms with Crippen molar-refractivity contribution in [2.24, 2.45) is 0 Å². The van der Waals surface area contributed by atoms with Gasteiger partial charge in [-0.1, -0.05) is 12.1 Å². The summed E-state index contributed by atoms with van der Waals surface area (Å²) in [4.78, 5) is 25.7. The summed E-state index contributed by atoms with van der Waals surface area (Å²) < 4.78 is 0. The maximum atomic E-state index is 12.0. The summed E-state index contributed by atoms with van der Waals surface area (Å²) in [6, 6.07) is 6.39. The molecular weight excluding hydrogens is 296 g/mol. The number of amides is 1. The lowest BCUT2D eigenvalue weighted by molar-refractivity contribution is -0.384. The van der Waals surface area contributed by atoms with Gasteiger partial charge in [0.05, 0.1) is 11.5 Å². The zero-order chi connectivity index (χ0) is 15.1. The van der Waals surface area contributed by atoms with Gasteiger partial charge < -0.3 is 15.1 Å². The lowest BCUT2D eigenvalue weighted by Crippen LogP contribution is -2.39. The molecule has 0 saturated carbocycles. The first-order valence-corrected chi connectivity index (χ1v) is 6.30. The standard InChI is InChI=1S/C13H20N4O3.ClH/c1-14-8-9-15(2)13(18)10-16(3)11-6-4-5-7-12(11)17(19)20;/h4-7,14H,8-10H2,1-3H3;1H. The zero-order valence-electron chi connectivity index (χ0n) is 12.4. The molecule has 0 spiro atoms. The first-order chi connectivity index (χ1) is 9.47. The fraction of sp³-hybridized carbons (Fsp3) is 0.462. The molecule has 8 heteroatoms. The Labute approximate surface area is 130 Å². The summed E-state index contributed by atoms with van der Waals surface area (Å²) in [6.07, 6.45) is 0. The van der Waals surface area contributed by atoms with Crippen molar-refractivity contribution in [3.63, 3.8) is 0 Å². The minimum Gasteiger partial charge on any atom is -0.360 e. The molecule has 0 aliphatic rings. The van der Waals surface area contributed by atoms with Crippen LogP contribution in [-0.4, -0.2) is 56.5 Å². The first kappa shape index (κ1) is 19.1. The van der Waals surface area contributed by atoms with E-state index in [0.717, 1.165) is 0 Å². The third-order valence-corrected chi connectivity index (χ3v) is 2.99. The van der Waals surface area contributed by atoms with E-state index in [1.807, 2.05) is 7.05 Å². The molecule has 1 aromatic carbocycles. The number of rotatable bonds is 7. The van der Waals surface area contributed by atoms with E-state index in [1.165, 1.54) is 6.07 Å². The average molecular weight is 317 g/mol. The third-order valence-electron chi connectivity index (χ3n) is 2.99. The van der Waals surface area contributed by atoms with Gasteiger partial charge in [-0.2, -0.15) is 0 Å². The minimum atomic E-state index is -0.443. The highest BCUT2D eigenvalue weighted by Crippen LogP contribution is 2.26. The number of likely N-dealkylation sites (N-methyl/N-ethyl adjacent to an activating group) is 3. The number of halogens is 1. The van der Waals surface area contributed by atoms with Gasteiger partial charge in [0.2, 0.25) is 5.91 Å². The molecule has 21 heavy (non-hydrogen) atoms. The molecule has 0 unspecified atom stereocenters. The van der Waals surface area contributed by atoms with E-state index in [1.54, 1.807) is 42.1 Å². The van der Waals surface area contributed by atoms with E-state index in [-0.39, 0.29) is 30.5 Å². The second kappa shape index (κ2) is 9.15. The van der Waals surface area contributed by atoms with Crippen LogP contribution in [0.2, 0.25) is 0 Å². The van der Waals surface area contributed by atoms with Crippen molar-refractivity contribution in [1.29, 1.82) is 0 Å². The molecule has 1 amide bonds. The third kappa shape index (κ3) is 5.57. The van der Waals surface area contributed by atoms with Crippen LogP contribution in [0.25, 0.3) is 0 Å². The number of carbonyl (C=O) groups is 1. The Kier molecular flexibility index (Phi) is 8.34. The summed E-state index contributed by atoms with van der Waals surface area (Å²) in [5, 5.41) is 13.9. The van der Waals surface area contributed by atoms with Crippen molar-refractivity contribution in [1.82, 2.24) is 10.2 Å². The van der Waals surface area contributed by atoms with E-state index in [0.29, 0.717) is 18.8 Å². The van der Waals surface area contributed by atoms with Crippen LogP contribution in [0.5, 0.6) is 0 Å². The molecule has 0 aromatic heterocycles. The summed E-state index contributed by atoms with van der Waals surface area (Å²) >= 11 is 0. The van der Waals surface area contributed by atoms with E-state index >= 15 is 0 Å². The van der Waals surface area contributed by atoms with Gasteiger partial charge in [0.25, 0.3) is 5.69 Å². The van der Waals surface area contributed by atoms with Gasteiger partial charge in [0, 0.05) is 33.3 Å². The van der Waals surface area contributed by atoms with Crippen molar-refractivity contribution >= 4 is 29.7 Å². The quantitative estimate of drug-likeness (QED) is 0.602. The molecule has 7 nitrogen and oxygen atoms in total. The highest BCUT2D eigenvalue weighted by Gasteiger charge is 2.19. The maximum Gasteiger partial charge on any atom is 0.292 e. The Morgan fingerprint density at radius 2 is 1.95 bits per heavy atom. The summed E-state index contributed by atoms with van der Waals surface area (Å²) in [6.45, 7) is 1.41.